The first-order chi connectivity index (χ1) is 9.02. The molecule has 0 aliphatic heterocycles. The van der Waals surface area contributed by atoms with Gasteiger partial charge >= 0.3 is 12.0 Å². The normalized spacial score (nSPS) is 11.7. The highest BCUT2D eigenvalue weighted by atomic mass is 79.9. The van der Waals surface area contributed by atoms with Gasteiger partial charge in [0.05, 0.1) is 11.9 Å². The van der Waals surface area contributed by atoms with Gasteiger partial charge in [0.2, 0.25) is 0 Å². The maximum atomic E-state index is 11.7. The molecule has 8 heteroatoms. The van der Waals surface area contributed by atoms with Gasteiger partial charge < -0.3 is 15.7 Å². The zero-order valence-corrected chi connectivity index (χ0v) is 12.6. The fourth-order valence-electron chi connectivity index (χ4n) is 1.30. The van der Waals surface area contributed by atoms with E-state index in [1.165, 1.54) is 18.0 Å². The van der Waals surface area contributed by atoms with Gasteiger partial charge in [0, 0.05) is 10.7 Å². The number of nitrogens with zero attached hydrogens (tertiary/aromatic N) is 1. The van der Waals surface area contributed by atoms with E-state index in [2.05, 4.69) is 31.5 Å². The Balaban J connectivity index is 2.55. The highest BCUT2D eigenvalue weighted by molar-refractivity contribution is 9.10. The summed E-state index contributed by atoms with van der Waals surface area (Å²) in [6, 6.07) is 0.213. The highest BCUT2D eigenvalue weighted by Crippen LogP contribution is 2.13. The summed E-state index contributed by atoms with van der Waals surface area (Å²) >= 11 is 4.76. The number of carboxylic acid groups (broad SMARTS) is 1. The summed E-state index contributed by atoms with van der Waals surface area (Å²) in [5, 5.41) is 13.9. The number of carbonyl (C=O) groups is 2. The monoisotopic (exact) mass is 347 g/mol. The second-order valence-corrected chi connectivity index (χ2v) is 5.56. The van der Waals surface area contributed by atoms with Crippen molar-refractivity contribution in [2.75, 3.05) is 17.3 Å². The van der Waals surface area contributed by atoms with E-state index in [0.717, 1.165) is 4.47 Å². The van der Waals surface area contributed by atoms with Crippen LogP contribution in [0.2, 0.25) is 0 Å². The number of amides is 2. The molecule has 0 aliphatic rings. The number of hydrogen-bond donors (Lipinski definition) is 3. The Hall–Kier alpha value is -1.28. The van der Waals surface area contributed by atoms with Crippen LogP contribution >= 0.6 is 27.7 Å². The van der Waals surface area contributed by atoms with Gasteiger partial charge in [-0.2, -0.15) is 11.8 Å². The molecule has 0 aliphatic carbocycles. The predicted octanol–water partition coefficient (Wildman–Crippen LogP) is 2.17. The summed E-state index contributed by atoms with van der Waals surface area (Å²) in [5.74, 6) is -0.382. The summed E-state index contributed by atoms with van der Waals surface area (Å²) in [6.45, 7) is 0. The van der Waals surface area contributed by atoms with Crippen LogP contribution < -0.4 is 10.6 Å². The van der Waals surface area contributed by atoms with Crippen molar-refractivity contribution in [2.24, 2.45) is 0 Å². The number of urea groups is 1. The van der Waals surface area contributed by atoms with E-state index in [0.29, 0.717) is 17.9 Å². The zero-order valence-electron chi connectivity index (χ0n) is 10.2. The number of carbonyl (C=O) groups excluding carboxylic acids is 1. The van der Waals surface area contributed by atoms with Gasteiger partial charge in [0.25, 0.3) is 0 Å². The van der Waals surface area contributed by atoms with Crippen molar-refractivity contribution < 1.29 is 14.7 Å². The van der Waals surface area contributed by atoms with Crippen molar-refractivity contribution in [2.45, 2.75) is 12.5 Å². The Bertz CT molecular complexity index is 459. The average molecular weight is 348 g/mol. The maximum Gasteiger partial charge on any atom is 0.326 e. The molecule has 0 bridgehead atoms. The quantitative estimate of drug-likeness (QED) is 0.733. The summed E-state index contributed by atoms with van der Waals surface area (Å²) in [4.78, 5) is 26.5. The molecule has 0 unspecified atom stereocenters. The van der Waals surface area contributed by atoms with E-state index in [1.807, 2.05) is 6.26 Å². The minimum absolute atomic E-state index is 0.376. The van der Waals surface area contributed by atoms with Gasteiger partial charge in [-0.15, -0.1) is 0 Å². The van der Waals surface area contributed by atoms with Crippen LogP contribution in [0, 0.1) is 0 Å². The number of halogens is 1. The van der Waals surface area contributed by atoms with Crippen molar-refractivity contribution in [3.63, 3.8) is 0 Å². The molecule has 6 nitrogen and oxygen atoms in total. The first-order valence-electron chi connectivity index (χ1n) is 5.42. The summed E-state index contributed by atoms with van der Waals surface area (Å²) < 4.78 is 0.725. The lowest BCUT2D eigenvalue weighted by Gasteiger charge is -2.14. The third-order valence-corrected chi connectivity index (χ3v) is 3.25. The third-order valence-electron chi connectivity index (χ3n) is 2.18. The van der Waals surface area contributed by atoms with Crippen molar-refractivity contribution in [1.82, 2.24) is 10.3 Å². The van der Waals surface area contributed by atoms with Gasteiger partial charge in [-0.1, -0.05) is 0 Å². The molecule has 0 aromatic carbocycles. The minimum Gasteiger partial charge on any atom is -0.480 e. The number of aliphatic carboxylic acids is 1. The lowest BCUT2D eigenvalue weighted by Crippen LogP contribution is -2.43. The van der Waals surface area contributed by atoms with E-state index in [4.69, 9.17) is 5.11 Å². The predicted molar refractivity (Wildman–Crippen MR) is 78.5 cm³/mol. The summed E-state index contributed by atoms with van der Waals surface area (Å²) in [7, 11) is 0. The molecule has 0 saturated carbocycles. The number of nitrogens with one attached hydrogen (secondary N) is 2. The summed E-state index contributed by atoms with van der Waals surface area (Å²) in [6.07, 6.45) is 5.32. The second kappa shape index (κ2) is 8.00. The molecular formula is C11H14BrN3O3S. The molecule has 0 saturated heterocycles. The molecule has 104 valence electrons. The smallest absolute Gasteiger partial charge is 0.326 e. The van der Waals surface area contributed by atoms with Crippen LogP contribution in [0.5, 0.6) is 0 Å². The molecule has 19 heavy (non-hydrogen) atoms. The second-order valence-electron chi connectivity index (χ2n) is 3.66. The first-order valence-corrected chi connectivity index (χ1v) is 7.61. The van der Waals surface area contributed by atoms with Crippen LogP contribution in [-0.4, -0.2) is 40.1 Å². The minimum atomic E-state index is -1.04. The molecule has 1 aromatic rings. The third kappa shape index (κ3) is 5.93. The Labute approximate surface area is 123 Å². The molecule has 0 radical (unpaired) electrons. The largest absolute Gasteiger partial charge is 0.480 e. The van der Waals surface area contributed by atoms with Gasteiger partial charge in [0.1, 0.15) is 6.04 Å². The van der Waals surface area contributed by atoms with Crippen LogP contribution in [0.4, 0.5) is 10.5 Å². The number of pyridine rings is 1. The number of thioether (sulfide) groups is 1. The fraction of sp³-hybridized carbons (Fsp3) is 0.364. The zero-order chi connectivity index (χ0) is 14.3. The fourth-order valence-corrected chi connectivity index (χ4v) is 2.13. The average Bonchev–Trinajstić information content (AvgIpc) is 2.34. The molecule has 1 atom stereocenters. The highest BCUT2D eigenvalue weighted by Gasteiger charge is 2.19. The number of anilines is 1. The summed E-state index contributed by atoms with van der Waals surface area (Å²) in [5.41, 5.74) is 0.487. The van der Waals surface area contributed by atoms with Crippen molar-refractivity contribution in [3.05, 3.63) is 22.9 Å². The number of aromatic nitrogens is 1. The molecule has 1 rings (SSSR count). The molecule has 3 N–H and O–H groups in total. The Morgan fingerprint density at radius 1 is 1.53 bits per heavy atom. The van der Waals surface area contributed by atoms with E-state index in [9.17, 15) is 9.59 Å². The number of rotatable bonds is 6. The lowest BCUT2D eigenvalue weighted by molar-refractivity contribution is -0.139. The van der Waals surface area contributed by atoms with Crippen LogP contribution in [0.25, 0.3) is 0 Å². The van der Waals surface area contributed by atoms with Gasteiger partial charge in [-0.05, 0) is 40.4 Å². The van der Waals surface area contributed by atoms with Crippen molar-refractivity contribution in [1.29, 1.82) is 0 Å². The SMILES string of the molecule is CSCC[C@H](NC(=O)Nc1cncc(Br)c1)C(=O)O. The number of hydrogen-bond acceptors (Lipinski definition) is 4. The topological polar surface area (TPSA) is 91.3 Å². The Morgan fingerprint density at radius 3 is 2.84 bits per heavy atom. The van der Waals surface area contributed by atoms with Gasteiger partial charge in [-0.25, -0.2) is 9.59 Å². The number of carboxylic acids is 1. The van der Waals surface area contributed by atoms with Crippen molar-refractivity contribution >= 4 is 45.4 Å². The van der Waals surface area contributed by atoms with E-state index in [-0.39, 0.29) is 0 Å². The molecule has 2 amide bonds. The molecular weight excluding hydrogens is 334 g/mol. The van der Waals surface area contributed by atoms with E-state index in [1.54, 1.807) is 12.3 Å². The Morgan fingerprint density at radius 2 is 2.26 bits per heavy atom. The molecule has 0 spiro atoms. The molecule has 1 heterocycles. The van der Waals surface area contributed by atoms with E-state index >= 15 is 0 Å². The van der Waals surface area contributed by atoms with Gasteiger partial charge in [-0.3, -0.25) is 4.98 Å². The van der Waals surface area contributed by atoms with Gasteiger partial charge in [0.15, 0.2) is 0 Å². The molecule has 0 fully saturated rings. The van der Waals surface area contributed by atoms with Crippen LogP contribution in [0.1, 0.15) is 6.42 Å². The van der Waals surface area contributed by atoms with Crippen LogP contribution in [0.3, 0.4) is 0 Å². The Kier molecular flexibility index (Phi) is 6.65. The molecule has 1 aromatic heterocycles. The van der Waals surface area contributed by atoms with Crippen molar-refractivity contribution in [3.8, 4) is 0 Å². The van der Waals surface area contributed by atoms with Crippen LogP contribution in [0.15, 0.2) is 22.9 Å². The standard InChI is InChI=1S/C11H14BrN3O3S/c1-19-3-2-9(10(16)17)15-11(18)14-8-4-7(12)5-13-6-8/h4-6,9H,2-3H2,1H3,(H,16,17)(H2,14,15,18)/t9-/m0/s1. The lowest BCUT2D eigenvalue weighted by atomic mass is 10.2. The maximum absolute atomic E-state index is 11.7. The van der Waals surface area contributed by atoms with Crippen LogP contribution in [-0.2, 0) is 4.79 Å². The first kappa shape index (κ1) is 15.8. The van der Waals surface area contributed by atoms with E-state index < -0.39 is 18.0 Å².